The third-order valence-electron chi connectivity index (χ3n) is 9.69. The number of benzene rings is 1. The van der Waals surface area contributed by atoms with Crippen LogP contribution in [0, 0.1) is 11.3 Å². The van der Waals surface area contributed by atoms with Crippen molar-refractivity contribution in [3.63, 3.8) is 0 Å². The number of carbonyl (C=O) groups is 2. The van der Waals surface area contributed by atoms with Crippen molar-refractivity contribution in [2.45, 2.75) is 129 Å². The maximum atomic E-state index is 14.5. The van der Waals surface area contributed by atoms with Crippen LogP contribution in [0.3, 0.4) is 0 Å². The molecule has 0 aliphatic carbocycles. The van der Waals surface area contributed by atoms with E-state index in [2.05, 4.69) is 49.6 Å². The molecule has 1 aliphatic rings. The van der Waals surface area contributed by atoms with Crippen LogP contribution in [-0.4, -0.2) is 97.3 Å². The number of allylic oxidation sites excluding steroid dienone is 5. The van der Waals surface area contributed by atoms with Gasteiger partial charge in [-0.05, 0) is 92.2 Å². The molecule has 1 unspecified atom stereocenters. The van der Waals surface area contributed by atoms with Gasteiger partial charge < -0.3 is 28.7 Å². The van der Waals surface area contributed by atoms with Crippen LogP contribution in [0.5, 0.6) is 0 Å². The second-order valence-electron chi connectivity index (χ2n) is 15.7. The minimum atomic E-state index is -5.03. The van der Waals surface area contributed by atoms with Crippen molar-refractivity contribution < 1.29 is 63.2 Å². The van der Waals surface area contributed by atoms with E-state index in [9.17, 15) is 40.5 Å². The summed E-state index contributed by atoms with van der Waals surface area (Å²) in [5.41, 5.74) is 2.10. The van der Waals surface area contributed by atoms with E-state index < -0.39 is 45.7 Å². The normalized spacial score (nSPS) is 14.9. The second kappa shape index (κ2) is 27.1. The van der Waals surface area contributed by atoms with E-state index >= 15 is 0 Å². The molecule has 20 heteroatoms. The molecule has 0 fully saturated rings. The largest absolute Gasteiger partial charge is 0.471 e. The van der Waals surface area contributed by atoms with Gasteiger partial charge in [0.1, 0.15) is 6.54 Å². The van der Waals surface area contributed by atoms with E-state index in [0.717, 1.165) is 42.6 Å². The third kappa shape index (κ3) is 18.5. The summed E-state index contributed by atoms with van der Waals surface area (Å²) in [4.78, 5) is 22.4. The molecule has 2 amide bonds. The minimum Gasteiger partial charge on any atom is -0.348 e. The van der Waals surface area contributed by atoms with E-state index in [1.165, 1.54) is 0 Å². The molecule has 1 aliphatic heterocycles. The molecule has 0 bridgehead atoms. The Morgan fingerprint density at radius 2 is 1.38 bits per heavy atom. The van der Waals surface area contributed by atoms with Crippen molar-refractivity contribution in [3.8, 4) is 6.07 Å². The van der Waals surface area contributed by atoms with E-state index in [-0.39, 0.29) is 75.8 Å². The van der Waals surface area contributed by atoms with E-state index in [1.807, 2.05) is 38.1 Å². The first-order chi connectivity index (χ1) is 29.6. The topological polar surface area (TPSA) is 142 Å². The smallest absolute Gasteiger partial charge is 0.348 e. The highest BCUT2D eigenvalue weighted by atomic mass is 31.2. The number of hydrogen-bond acceptors (Lipinski definition) is 9. The van der Waals surface area contributed by atoms with Crippen molar-refractivity contribution in [1.29, 1.82) is 5.26 Å². The molecule has 0 radical (unpaired) electrons. The second-order valence-corrected chi connectivity index (χ2v) is 19.2. The number of alkyl halides is 6. The third-order valence-corrected chi connectivity index (χ3v) is 13.8. The number of carbonyl (C=O) groups excluding carboxylic acids is 2. The first-order valence-electron chi connectivity index (χ1n) is 21.2. The lowest BCUT2D eigenvalue weighted by molar-refractivity contribution is -0.438. The van der Waals surface area contributed by atoms with E-state index in [4.69, 9.17) is 23.4 Å². The predicted molar refractivity (Wildman–Crippen MR) is 233 cm³/mol. The van der Waals surface area contributed by atoms with Crippen LogP contribution in [0.25, 0.3) is 0 Å². The molecule has 0 saturated carbocycles. The molecule has 12 nitrogen and oxygen atoms in total. The molecule has 0 spiro atoms. The lowest BCUT2D eigenvalue weighted by Gasteiger charge is -2.35. The summed E-state index contributed by atoms with van der Waals surface area (Å²) in [6.07, 6.45) is 3.37. The van der Waals surface area contributed by atoms with Crippen molar-refractivity contribution in [2.75, 3.05) is 46.1 Å². The zero-order chi connectivity index (χ0) is 47.3. The maximum Gasteiger partial charge on any atom is 0.471 e. The first kappa shape index (κ1) is 55.7. The van der Waals surface area contributed by atoms with Crippen LogP contribution >= 0.6 is 16.1 Å². The fourth-order valence-electron chi connectivity index (χ4n) is 6.66. The summed E-state index contributed by atoms with van der Waals surface area (Å²) >= 11 is 0. The predicted octanol–water partition coefficient (Wildman–Crippen LogP) is 9.98. The minimum absolute atomic E-state index is 0.0822. The Balaban J connectivity index is 2.26. The monoisotopic (exact) mass is 938 g/mol. The van der Waals surface area contributed by atoms with Crippen molar-refractivity contribution in [2.24, 2.45) is 0 Å². The average molecular weight is 939 g/mol. The molecule has 0 saturated heterocycles. The zero-order valence-corrected chi connectivity index (χ0v) is 38.9. The number of hydrogen-bond donors (Lipinski definition) is 2. The Hall–Kier alpha value is -3.42. The molecule has 0 aromatic heterocycles. The van der Waals surface area contributed by atoms with Gasteiger partial charge in [-0.3, -0.25) is 14.2 Å². The molecular formula is C43H64F6N5O7P2+. The summed E-state index contributed by atoms with van der Waals surface area (Å²) < 4.78 is 118. The molecule has 1 aromatic rings. The van der Waals surface area contributed by atoms with Crippen LogP contribution in [0.15, 0.2) is 55.2 Å². The standard InChI is InChI=1S/C43H63F6N5O7P2/c1-8-9-10-13-21-38-41(6,7)36-32-35(22-23-37(36)53(38)27-16-11-12-17-28-58-62(59-29-20-24-50)54(33(2)3)34(4)5)63(57,60-30-18-14-25-51-39(55)42(44,45)46)61-31-19-15-26-52-40(56)43(47,48)49/h8-10,13,21-23,32-34H,1,11-12,14-20,25-31H2,2-7H3,(H-,51,52,55,56)/p+1. The Morgan fingerprint density at radius 1 is 0.841 bits per heavy atom. The number of fused-ring (bicyclic) bond motifs is 1. The Labute approximate surface area is 369 Å². The van der Waals surface area contributed by atoms with Gasteiger partial charge in [-0.1, -0.05) is 37.3 Å². The first-order valence-corrected chi connectivity index (χ1v) is 23.8. The van der Waals surface area contributed by atoms with Gasteiger partial charge in [0.25, 0.3) is 8.53 Å². The lowest BCUT2D eigenvalue weighted by atomic mass is 9.81. The average Bonchev–Trinajstić information content (AvgIpc) is 3.41. The Morgan fingerprint density at radius 3 is 1.90 bits per heavy atom. The quantitative estimate of drug-likeness (QED) is 0.0254. The molecule has 2 N–H and O–H groups in total. The van der Waals surface area contributed by atoms with Crippen molar-refractivity contribution >= 4 is 44.6 Å². The molecule has 354 valence electrons. The van der Waals surface area contributed by atoms with Gasteiger partial charge in [0.05, 0.1) is 49.6 Å². The van der Waals surface area contributed by atoms with Gasteiger partial charge in [-0.15, -0.1) is 0 Å². The van der Waals surface area contributed by atoms with Gasteiger partial charge in [0.2, 0.25) is 5.69 Å². The number of nitrogens with one attached hydrogen (secondary N) is 2. The van der Waals surface area contributed by atoms with Gasteiger partial charge in [-0.2, -0.15) is 36.2 Å². The highest BCUT2D eigenvalue weighted by molar-refractivity contribution is 7.62. The van der Waals surface area contributed by atoms with Crippen molar-refractivity contribution in [3.05, 3.63) is 60.7 Å². The summed E-state index contributed by atoms with van der Waals surface area (Å²) in [6, 6.07) is 7.74. The summed E-state index contributed by atoms with van der Waals surface area (Å²) in [5, 5.41) is 12.8. The SMILES string of the molecule is C=CC=CC=CC1=[N+](CCCCCCOP(OCCC#N)N(C(C)C)C(C)C)c2ccc(P(=O)(OCCCCNC(=O)C(F)(F)F)OCCCCNC(=O)C(F)(F)F)cc2C1(C)C. The number of nitrogens with zero attached hydrogens (tertiary/aromatic N) is 3. The van der Waals surface area contributed by atoms with Crippen molar-refractivity contribution in [1.82, 2.24) is 15.3 Å². The van der Waals surface area contributed by atoms with Crippen LogP contribution < -0.4 is 15.9 Å². The summed E-state index contributed by atoms with van der Waals surface area (Å²) in [5.74, 6) is -4.15. The Kier molecular flexibility index (Phi) is 24.0. The zero-order valence-electron chi connectivity index (χ0n) is 37.2. The van der Waals surface area contributed by atoms with Gasteiger partial charge in [0.15, 0.2) is 5.71 Å². The molecular weight excluding hydrogens is 874 g/mol. The number of unbranched alkanes of at least 4 members (excludes halogenated alkanes) is 5. The number of halogens is 6. The summed E-state index contributed by atoms with van der Waals surface area (Å²) in [7, 11) is -5.45. The number of nitriles is 1. The van der Waals surface area contributed by atoms with E-state index in [1.54, 1.807) is 34.9 Å². The van der Waals surface area contributed by atoms with E-state index in [0.29, 0.717) is 19.8 Å². The van der Waals surface area contributed by atoms with Crippen LogP contribution in [0.2, 0.25) is 0 Å². The highest BCUT2D eigenvalue weighted by Gasteiger charge is 2.46. The highest BCUT2D eigenvalue weighted by Crippen LogP contribution is 2.50. The fourth-order valence-corrected chi connectivity index (χ4v) is 9.94. The molecule has 63 heavy (non-hydrogen) atoms. The fraction of sp³-hybridized carbons (Fsp3) is 0.628. The molecule has 1 heterocycles. The van der Waals surface area contributed by atoms with Crippen LogP contribution in [-0.2, 0) is 37.7 Å². The number of rotatable bonds is 30. The molecule has 1 atom stereocenters. The van der Waals surface area contributed by atoms with Crippen LogP contribution in [0.1, 0.15) is 105 Å². The molecule has 1 aromatic carbocycles. The van der Waals surface area contributed by atoms with Gasteiger partial charge in [0, 0.05) is 49.3 Å². The number of amides is 2. The summed E-state index contributed by atoms with van der Waals surface area (Å²) in [6.45, 7) is 16.7. The van der Waals surface area contributed by atoms with Gasteiger partial charge in [-0.25, -0.2) is 4.67 Å². The Bertz CT molecular complexity index is 1760. The molecule has 2 rings (SSSR count). The van der Waals surface area contributed by atoms with Crippen LogP contribution in [0.4, 0.5) is 32.0 Å². The maximum absolute atomic E-state index is 14.5. The lowest BCUT2D eigenvalue weighted by Crippen LogP contribution is -2.37. The van der Waals surface area contributed by atoms with Gasteiger partial charge >= 0.3 is 31.8 Å².